The molecule has 0 spiro atoms. The van der Waals surface area contributed by atoms with Gasteiger partial charge in [-0.3, -0.25) is 0 Å². The van der Waals surface area contributed by atoms with Crippen LogP contribution < -0.4 is 0 Å². The molecule has 11 heavy (non-hydrogen) atoms. The highest BCUT2D eigenvalue weighted by atomic mass is 127. The van der Waals surface area contributed by atoms with Gasteiger partial charge in [0.15, 0.2) is 0 Å². The molecule has 0 aliphatic rings. The van der Waals surface area contributed by atoms with E-state index in [-0.39, 0.29) is 0 Å². The smallest absolute Gasteiger partial charge is 0.0666 e. The van der Waals surface area contributed by atoms with E-state index >= 15 is 0 Å². The SMILES string of the molecule is Cc1ccc2sc(I)cc2c1. The molecule has 0 unspecified atom stereocenters. The van der Waals surface area contributed by atoms with Crippen molar-refractivity contribution in [3.05, 3.63) is 32.7 Å². The lowest BCUT2D eigenvalue weighted by atomic mass is 10.2. The molecule has 0 aliphatic carbocycles. The third-order valence-electron chi connectivity index (χ3n) is 1.64. The topological polar surface area (TPSA) is 0 Å². The van der Waals surface area contributed by atoms with Gasteiger partial charge >= 0.3 is 0 Å². The van der Waals surface area contributed by atoms with Gasteiger partial charge in [0.1, 0.15) is 0 Å². The minimum absolute atomic E-state index is 1.34. The molecule has 0 saturated carbocycles. The van der Waals surface area contributed by atoms with E-state index in [9.17, 15) is 0 Å². The normalized spacial score (nSPS) is 10.7. The summed E-state index contributed by atoms with van der Waals surface area (Å²) >= 11 is 4.21. The fraction of sp³-hybridized carbons (Fsp3) is 0.111. The van der Waals surface area contributed by atoms with Gasteiger partial charge in [0.25, 0.3) is 0 Å². The van der Waals surface area contributed by atoms with Gasteiger partial charge in [-0.15, -0.1) is 11.3 Å². The summed E-state index contributed by atoms with van der Waals surface area (Å²) in [6.07, 6.45) is 0. The summed E-state index contributed by atoms with van der Waals surface area (Å²) in [5.41, 5.74) is 1.34. The second kappa shape index (κ2) is 2.75. The quantitative estimate of drug-likeness (QED) is 0.641. The van der Waals surface area contributed by atoms with Gasteiger partial charge in [0.05, 0.1) is 2.88 Å². The standard InChI is InChI=1S/C9H7IS/c1-6-2-3-8-7(4-6)5-9(10)11-8/h2-5H,1H3. The number of thiophene rings is 1. The molecule has 0 N–H and O–H groups in total. The molecule has 0 atom stereocenters. The first kappa shape index (κ1) is 7.55. The average molecular weight is 274 g/mol. The molecule has 2 heteroatoms. The van der Waals surface area contributed by atoms with Crippen molar-refractivity contribution < 1.29 is 0 Å². The van der Waals surface area contributed by atoms with Crippen LogP contribution in [0.1, 0.15) is 5.56 Å². The summed E-state index contributed by atoms with van der Waals surface area (Å²) in [7, 11) is 0. The maximum absolute atomic E-state index is 2.36. The molecule has 1 heterocycles. The number of fused-ring (bicyclic) bond motifs is 1. The van der Waals surface area contributed by atoms with Crippen molar-refractivity contribution in [2.75, 3.05) is 0 Å². The molecule has 0 radical (unpaired) electrons. The van der Waals surface area contributed by atoms with Crippen LogP contribution >= 0.6 is 33.9 Å². The molecule has 0 amide bonds. The predicted molar refractivity (Wildman–Crippen MR) is 59.3 cm³/mol. The van der Waals surface area contributed by atoms with Crippen molar-refractivity contribution in [2.24, 2.45) is 0 Å². The molecule has 2 rings (SSSR count). The second-order valence-corrected chi connectivity index (χ2v) is 5.57. The van der Waals surface area contributed by atoms with Crippen molar-refractivity contribution in [3.8, 4) is 0 Å². The molecule has 0 aliphatic heterocycles. The summed E-state index contributed by atoms with van der Waals surface area (Å²) in [6.45, 7) is 2.13. The lowest BCUT2D eigenvalue weighted by Gasteiger charge is -1.89. The van der Waals surface area contributed by atoms with Crippen LogP contribution in [0.5, 0.6) is 0 Å². The van der Waals surface area contributed by atoms with Gasteiger partial charge < -0.3 is 0 Å². The van der Waals surface area contributed by atoms with E-state index in [0.717, 1.165) is 0 Å². The van der Waals surface area contributed by atoms with Crippen LogP contribution in [0.2, 0.25) is 0 Å². The first-order valence-electron chi connectivity index (χ1n) is 3.41. The lowest BCUT2D eigenvalue weighted by molar-refractivity contribution is 1.51. The highest BCUT2D eigenvalue weighted by Gasteiger charge is 1.97. The number of hydrogen-bond donors (Lipinski definition) is 0. The van der Waals surface area contributed by atoms with Crippen molar-refractivity contribution in [1.29, 1.82) is 0 Å². The summed E-state index contributed by atoms with van der Waals surface area (Å²) < 4.78 is 2.75. The van der Waals surface area contributed by atoms with Crippen LogP contribution in [0.25, 0.3) is 10.1 Å². The van der Waals surface area contributed by atoms with Crippen LogP contribution in [0.3, 0.4) is 0 Å². The third kappa shape index (κ3) is 1.42. The van der Waals surface area contributed by atoms with E-state index in [1.54, 1.807) is 0 Å². The number of hydrogen-bond acceptors (Lipinski definition) is 1. The Morgan fingerprint density at radius 3 is 2.91 bits per heavy atom. The van der Waals surface area contributed by atoms with Gasteiger partial charge in [0, 0.05) is 4.70 Å². The van der Waals surface area contributed by atoms with E-state index in [2.05, 4.69) is 53.8 Å². The maximum Gasteiger partial charge on any atom is 0.0666 e. The monoisotopic (exact) mass is 274 g/mol. The number of benzene rings is 1. The van der Waals surface area contributed by atoms with E-state index < -0.39 is 0 Å². The number of rotatable bonds is 0. The van der Waals surface area contributed by atoms with Crippen LogP contribution in [0.15, 0.2) is 24.3 Å². The molecule has 2 aromatic rings. The van der Waals surface area contributed by atoms with Crippen LogP contribution in [0.4, 0.5) is 0 Å². The minimum atomic E-state index is 1.34. The van der Waals surface area contributed by atoms with Crippen LogP contribution in [-0.4, -0.2) is 0 Å². The fourth-order valence-electron chi connectivity index (χ4n) is 1.13. The van der Waals surface area contributed by atoms with Crippen molar-refractivity contribution >= 4 is 44.0 Å². The second-order valence-electron chi connectivity index (χ2n) is 2.59. The lowest BCUT2D eigenvalue weighted by Crippen LogP contribution is -1.67. The van der Waals surface area contributed by atoms with Gasteiger partial charge in [-0.1, -0.05) is 17.7 Å². The van der Waals surface area contributed by atoms with E-state index in [1.807, 2.05) is 11.3 Å². The molecule has 1 aromatic heterocycles. The summed E-state index contributed by atoms with van der Waals surface area (Å²) in [6, 6.07) is 8.81. The Bertz CT molecular complexity index is 389. The zero-order valence-corrected chi connectivity index (χ0v) is 9.07. The van der Waals surface area contributed by atoms with Gasteiger partial charge in [-0.25, -0.2) is 0 Å². The first-order chi connectivity index (χ1) is 5.25. The maximum atomic E-state index is 2.36. The van der Waals surface area contributed by atoms with Gasteiger partial charge in [0.2, 0.25) is 0 Å². The van der Waals surface area contributed by atoms with Crippen molar-refractivity contribution in [2.45, 2.75) is 6.92 Å². The Kier molecular flexibility index (Phi) is 1.89. The zero-order chi connectivity index (χ0) is 7.84. The number of aryl methyl sites for hydroxylation is 1. The molecule has 0 nitrogen and oxygen atoms in total. The predicted octanol–water partition coefficient (Wildman–Crippen LogP) is 3.81. The molecule has 56 valence electrons. The van der Waals surface area contributed by atoms with Crippen molar-refractivity contribution in [3.63, 3.8) is 0 Å². The molecular weight excluding hydrogens is 267 g/mol. The Labute approximate surface area is 83.4 Å². The summed E-state index contributed by atoms with van der Waals surface area (Å²) in [4.78, 5) is 0. The number of halogens is 1. The Hall–Kier alpha value is -0.0900. The van der Waals surface area contributed by atoms with Gasteiger partial charge in [-0.2, -0.15) is 0 Å². The largest absolute Gasteiger partial charge is 0.129 e. The molecule has 0 fully saturated rings. The minimum Gasteiger partial charge on any atom is -0.129 e. The van der Waals surface area contributed by atoms with E-state index in [0.29, 0.717) is 0 Å². The zero-order valence-electron chi connectivity index (χ0n) is 6.10. The Balaban J connectivity index is 2.82. The molecule has 0 bridgehead atoms. The van der Waals surface area contributed by atoms with E-state index in [4.69, 9.17) is 0 Å². The first-order valence-corrected chi connectivity index (χ1v) is 5.31. The molecule has 0 saturated heterocycles. The molecule has 1 aromatic carbocycles. The Morgan fingerprint density at radius 1 is 1.27 bits per heavy atom. The molecular formula is C9H7IS. The fourth-order valence-corrected chi connectivity index (χ4v) is 2.95. The average Bonchev–Trinajstić information content (AvgIpc) is 2.27. The highest BCUT2D eigenvalue weighted by molar-refractivity contribution is 14.1. The van der Waals surface area contributed by atoms with Gasteiger partial charge in [-0.05, 0) is 47.0 Å². The highest BCUT2D eigenvalue weighted by Crippen LogP contribution is 2.27. The summed E-state index contributed by atoms with van der Waals surface area (Å²) in [5.74, 6) is 0. The van der Waals surface area contributed by atoms with Crippen LogP contribution in [0, 0.1) is 9.81 Å². The third-order valence-corrected chi connectivity index (χ3v) is 3.52. The Morgan fingerprint density at radius 2 is 2.09 bits per heavy atom. The van der Waals surface area contributed by atoms with Crippen molar-refractivity contribution in [1.82, 2.24) is 0 Å². The summed E-state index contributed by atoms with van der Waals surface area (Å²) in [5, 5.41) is 1.37. The van der Waals surface area contributed by atoms with Crippen LogP contribution in [-0.2, 0) is 0 Å². The van der Waals surface area contributed by atoms with E-state index in [1.165, 1.54) is 18.5 Å².